The van der Waals surface area contributed by atoms with E-state index in [4.69, 9.17) is 10.5 Å². The van der Waals surface area contributed by atoms with Crippen LogP contribution in [0.4, 0.5) is 0 Å². The van der Waals surface area contributed by atoms with Gasteiger partial charge >= 0.3 is 0 Å². The van der Waals surface area contributed by atoms with Crippen LogP contribution in [-0.2, 0) is 5.41 Å². The van der Waals surface area contributed by atoms with Crippen LogP contribution in [0.1, 0.15) is 40.2 Å². The van der Waals surface area contributed by atoms with Crippen molar-refractivity contribution in [3.63, 3.8) is 0 Å². The van der Waals surface area contributed by atoms with E-state index in [2.05, 4.69) is 46.8 Å². The van der Waals surface area contributed by atoms with Crippen molar-refractivity contribution in [2.45, 2.75) is 46.1 Å². The van der Waals surface area contributed by atoms with Crippen LogP contribution in [0, 0.1) is 5.92 Å². The zero-order chi connectivity index (χ0) is 13.1. The van der Waals surface area contributed by atoms with E-state index in [-0.39, 0.29) is 11.5 Å². The number of rotatable bonds is 4. The van der Waals surface area contributed by atoms with Crippen molar-refractivity contribution < 1.29 is 4.74 Å². The largest absolute Gasteiger partial charge is 0.492 e. The van der Waals surface area contributed by atoms with Crippen LogP contribution in [0.25, 0.3) is 0 Å². The third-order valence-electron chi connectivity index (χ3n) is 2.98. The topological polar surface area (TPSA) is 35.2 Å². The first-order valence-corrected chi connectivity index (χ1v) is 6.30. The third-order valence-corrected chi connectivity index (χ3v) is 2.98. The fraction of sp³-hybridized carbons (Fsp3) is 0.600. The van der Waals surface area contributed by atoms with E-state index in [0.29, 0.717) is 12.5 Å². The Morgan fingerprint density at radius 1 is 1.18 bits per heavy atom. The monoisotopic (exact) mass is 235 g/mol. The summed E-state index contributed by atoms with van der Waals surface area (Å²) in [6.07, 6.45) is 0. The molecule has 0 aromatic heterocycles. The number of para-hydroxylation sites is 1. The van der Waals surface area contributed by atoms with Gasteiger partial charge in [-0.1, -0.05) is 52.8 Å². The highest BCUT2D eigenvalue weighted by molar-refractivity contribution is 5.38. The SMILES string of the molecule is CC(C)C(N)COc1ccccc1C(C)(C)C. The highest BCUT2D eigenvalue weighted by atomic mass is 16.5. The van der Waals surface area contributed by atoms with Crippen molar-refractivity contribution >= 4 is 0 Å². The Morgan fingerprint density at radius 2 is 1.76 bits per heavy atom. The van der Waals surface area contributed by atoms with Crippen LogP contribution in [0.15, 0.2) is 24.3 Å². The number of benzene rings is 1. The van der Waals surface area contributed by atoms with Crippen molar-refractivity contribution in [2.75, 3.05) is 6.61 Å². The fourth-order valence-corrected chi connectivity index (χ4v) is 1.59. The maximum absolute atomic E-state index is 6.00. The summed E-state index contributed by atoms with van der Waals surface area (Å²) in [4.78, 5) is 0. The standard InChI is InChI=1S/C15H25NO/c1-11(2)13(16)10-17-14-9-7-6-8-12(14)15(3,4)5/h6-9,11,13H,10,16H2,1-5H3. The van der Waals surface area contributed by atoms with Crippen LogP contribution < -0.4 is 10.5 Å². The van der Waals surface area contributed by atoms with Gasteiger partial charge in [-0.25, -0.2) is 0 Å². The lowest BCUT2D eigenvalue weighted by molar-refractivity contribution is 0.254. The quantitative estimate of drug-likeness (QED) is 0.868. The first-order valence-electron chi connectivity index (χ1n) is 6.30. The maximum atomic E-state index is 6.00. The smallest absolute Gasteiger partial charge is 0.123 e. The predicted octanol–water partition coefficient (Wildman–Crippen LogP) is 3.35. The third kappa shape index (κ3) is 4.04. The summed E-state index contributed by atoms with van der Waals surface area (Å²) in [7, 11) is 0. The lowest BCUT2D eigenvalue weighted by Crippen LogP contribution is -2.33. The molecule has 0 fully saturated rings. The van der Waals surface area contributed by atoms with Gasteiger partial charge in [0.25, 0.3) is 0 Å². The Kier molecular flexibility index (Phi) is 4.58. The highest BCUT2D eigenvalue weighted by Crippen LogP contribution is 2.30. The molecule has 0 radical (unpaired) electrons. The van der Waals surface area contributed by atoms with E-state index in [1.807, 2.05) is 12.1 Å². The van der Waals surface area contributed by atoms with Crippen LogP contribution in [-0.4, -0.2) is 12.6 Å². The first-order chi connectivity index (χ1) is 7.82. The van der Waals surface area contributed by atoms with E-state index in [9.17, 15) is 0 Å². The minimum absolute atomic E-state index is 0.0861. The molecule has 17 heavy (non-hydrogen) atoms. The van der Waals surface area contributed by atoms with E-state index in [1.54, 1.807) is 0 Å². The van der Waals surface area contributed by atoms with Crippen LogP contribution in [0.2, 0.25) is 0 Å². The molecule has 0 aliphatic rings. The van der Waals surface area contributed by atoms with Gasteiger partial charge < -0.3 is 10.5 Å². The zero-order valence-corrected chi connectivity index (χ0v) is 11.7. The molecule has 96 valence electrons. The molecule has 0 aliphatic carbocycles. The summed E-state index contributed by atoms with van der Waals surface area (Å²) in [5.74, 6) is 1.40. The second-order valence-corrected chi connectivity index (χ2v) is 5.97. The minimum atomic E-state index is 0.0861. The Bertz CT molecular complexity index is 352. The van der Waals surface area contributed by atoms with Crippen LogP contribution >= 0.6 is 0 Å². The van der Waals surface area contributed by atoms with Crippen molar-refractivity contribution in [2.24, 2.45) is 11.7 Å². The molecule has 0 aliphatic heterocycles. The Balaban J connectivity index is 2.78. The average molecular weight is 235 g/mol. The highest BCUT2D eigenvalue weighted by Gasteiger charge is 2.19. The molecule has 0 saturated heterocycles. The van der Waals surface area contributed by atoms with Gasteiger partial charge in [0.05, 0.1) is 0 Å². The van der Waals surface area contributed by atoms with Crippen molar-refractivity contribution in [1.82, 2.24) is 0 Å². The molecule has 1 unspecified atom stereocenters. The van der Waals surface area contributed by atoms with Crippen molar-refractivity contribution in [3.8, 4) is 5.75 Å². The number of hydrogen-bond donors (Lipinski definition) is 1. The van der Waals surface area contributed by atoms with Gasteiger partial charge in [-0.05, 0) is 23.0 Å². The Hall–Kier alpha value is -1.02. The maximum Gasteiger partial charge on any atom is 0.123 e. The van der Waals surface area contributed by atoms with E-state index < -0.39 is 0 Å². The van der Waals surface area contributed by atoms with Gasteiger partial charge in [0.15, 0.2) is 0 Å². The molecule has 0 amide bonds. The zero-order valence-electron chi connectivity index (χ0n) is 11.7. The first kappa shape index (κ1) is 14.0. The summed E-state index contributed by atoms with van der Waals surface area (Å²) in [6.45, 7) is 11.4. The molecule has 1 aromatic rings. The molecule has 1 atom stereocenters. The molecule has 0 heterocycles. The number of ether oxygens (including phenoxy) is 1. The fourth-order valence-electron chi connectivity index (χ4n) is 1.59. The van der Waals surface area contributed by atoms with Gasteiger partial charge in [-0.3, -0.25) is 0 Å². The van der Waals surface area contributed by atoms with E-state index in [0.717, 1.165) is 5.75 Å². The second kappa shape index (κ2) is 5.54. The molecule has 0 spiro atoms. The second-order valence-electron chi connectivity index (χ2n) is 5.97. The molecule has 1 aromatic carbocycles. The lowest BCUT2D eigenvalue weighted by Gasteiger charge is -2.24. The predicted molar refractivity (Wildman–Crippen MR) is 73.5 cm³/mol. The molecule has 2 heteroatoms. The molecule has 0 bridgehead atoms. The van der Waals surface area contributed by atoms with Crippen molar-refractivity contribution in [3.05, 3.63) is 29.8 Å². The molecule has 2 nitrogen and oxygen atoms in total. The van der Waals surface area contributed by atoms with Crippen LogP contribution in [0.3, 0.4) is 0 Å². The van der Waals surface area contributed by atoms with Gasteiger partial charge in [0.1, 0.15) is 12.4 Å². The summed E-state index contributed by atoms with van der Waals surface area (Å²) < 4.78 is 5.86. The normalized spacial score (nSPS) is 13.8. The summed E-state index contributed by atoms with van der Waals surface area (Å²) in [5, 5.41) is 0. The van der Waals surface area contributed by atoms with E-state index in [1.165, 1.54) is 5.56 Å². The molecule has 0 saturated carbocycles. The summed E-state index contributed by atoms with van der Waals surface area (Å²) >= 11 is 0. The summed E-state index contributed by atoms with van der Waals surface area (Å²) in [6, 6.07) is 8.29. The molecular weight excluding hydrogens is 210 g/mol. The lowest BCUT2D eigenvalue weighted by atomic mass is 9.86. The number of nitrogens with two attached hydrogens (primary N) is 1. The number of hydrogen-bond acceptors (Lipinski definition) is 2. The Morgan fingerprint density at radius 3 is 2.29 bits per heavy atom. The van der Waals surface area contributed by atoms with Gasteiger partial charge in [-0.15, -0.1) is 0 Å². The van der Waals surface area contributed by atoms with Crippen LogP contribution in [0.5, 0.6) is 5.75 Å². The molecule has 1 rings (SSSR count). The van der Waals surface area contributed by atoms with Gasteiger partial charge in [0, 0.05) is 6.04 Å². The Labute approximate surface area is 105 Å². The summed E-state index contributed by atoms with van der Waals surface area (Å²) in [5.41, 5.74) is 7.33. The average Bonchev–Trinajstić information content (AvgIpc) is 2.24. The molecular formula is C15H25NO. The van der Waals surface area contributed by atoms with Gasteiger partial charge in [0.2, 0.25) is 0 Å². The minimum Gasteiger partial charge on any atom is -0.492 e. The molecule has 2 N–H and O–H groups in total. The van der Waals surface area contributed by atoms with Gasteiger partial charge in [-0.2, -0.15) is 0 Å². The van der Waals surface area contributed by atoms with Crippen molar-refractivity contribution in [1.29, 1.82) is 0 Å². The van der Waals surface area contributed by atoms with E-state index >= 15 is 0 Å².